The molecule has 0 amide bonds. The second-order valence-electron chi connectivity index (χ2n) is 12.6. The first-order valence-electron chi connectivity index (χ1n) is 16.7. The maximum atomic E-state index is 6.48. The fourth-order valence-corrected chi connectivity index (χ4v) is 7.56. The summed E-state index contributed by atoms with van der Waals surface area (Å²) in [6, 6.07) is 65.1. The highest BCUT2D eigenvalue weighted by Gasteiger charge is 2.24. The number of hydrogen-bond donors (Lipinski definition) is 0. The van der Waals surface area contributed by atoms with Crippen molar-refractivity contribution in [2.45, 2.75) is 0 Å². The van der Waals surface area contributed by atoms with Gasteiger partial charge in [-0.3, -0.25) is 0 Å². The summed E-state index contributed by atoms with van der Waals surface area (Å²) < 4.78 is 8.91. The van der Waals surface area contributed by atoms with E-state index in [1.807, 2.05) is 12.1 Å². The van der Waals surface area contributed by atoms with Crippen molar-refractivity contribution < 1.29 is 4.42 Å². The van der Waals surface area contributed by atoms with Gasteiger partial charge in [0, 0.05) is 44.4 Å². The van der Waals surface area contributed by atoms with E-state index in [4.69, 9.17) is 4.42 Å². The van der Waals surface area contributed by atoms with Gasteiger partial charge in [-0.05, 0) is 65.0 Å². The van der Waals surface area contributed by atoms with Crippen molar-refractivity contribution in [3.05, 3.63) is 182 Å². The van der Waals surface area contributed by atoms with Crippen molar-refractivity contribution in [3.8, 4) is 16.8 Å². The largest absolute Gasteiger partial charge is 0.456 e. The molecule has 0 radical (unpaired) electrons. The molecule has 0 aliphatic rings. The predicted octanol–water partition coefficient (Wildman–Crippen LogP) is 13.0. The minimum atomic E-state index is 0.863. The standard InChI is InChI=1S/C46H30N2O/c1-2-13-31(14-3-1)33-16-12-17-34(29-33)47(35-26-27-40-39-21-8-11-24-44(39)49-45(40)30-35)46-36-18-5-4-15-32(36)25-28-43(46)48-41-22-9-6-19-37(41)38-20-7-10-23-42(38)48/h1-30H. The van der Waals surface area contributed by atoms with E-state index in [9.17, 15) is 0 Å². The van der Waals surface area contributed by atoms with Gasteiger partial charge in [0.1, 0.15) is 11.2 Å². The zero-order chi connectivity index (χ0) is 32.3. The van der Waals surface area contributed by atoms with Crippen LogP contribution < -0.4 is 4.90 Å². The Morgan fingerprint density at radius 1 is 0.388 bits per heavy atom. The normalized spacial score (nSPS) is 11.7. The summed E-state index contributed by atoms with van der Waals surface area (Å²) in [6.07, 6.45) is 0. The van der Waals surface area contributed by atoms with Crippen LogP contribution in [0.15, 0.2) is 186 Å². The van der Waals surface area contributed by atoms with Gasteiger partial charge in [0.05, 0.1) is 22.4 Å². The Morgan fingerprint density at radius 2 is 1.00 bits per heavy atom. The van der Waals surface area contributed by atoms with Crippen LogP contribution in [0.2, 0.25) is 0 Å². The Balaban J connectivity index is 1.32. The van der Waals surface area contributed by atoms with Crippen LogP contribution in [0, 0.1) is 0 Å². The number of nitrogens with zero attached hydrogens (tertiary/aromatic N) is 2. The minimum Gasteiger partial charge on any atom is -0.456 e. The fraction of sp³-hybridized carbons (Fsp3) is 0. The second-order valence-corrected chi connectivity index (χ2v) is 12.6. The van der Waals surface area contributed by atoms with E-state index in [1.165, 1.54) is 32.8 Å². The first kappa shape index (κ1) is 27.5. The molecule has 2 aromatic heterocycles. The Labute approximate surface area is 283 Å². The molecule has 0 atom stereocenters. The molecule has 10 rings (SSSR count). The number of rotatable bonds is 5. The Bertz CT molecular complexity index is 2790. The van der Waals surface area contributed by atoms with Crippen molar-refractivity contribution in [1.82, 2.24) is 4.57 Å². The fourth-order valence-electron chi connectivity index (χ4n) is 7.56. The Morgan fingerprint density at radius 3 is 1.80 bits per heavy atom. The monoisotopic (exact) mass is 626 g/mol. The molecule has 0 aliphatic heterocycles. The van der Waals surface area contributed by atoms with Crippen LogP contribution in [-0.2, 0) is 0 Å². The van der Waals surface area contributed by atoms with Crippen LogP contribution in [0.3, 0.4) is 0 Å². The summed E-state index contributed by atoms with van der Waals surface area (Å²) in [5.41, 5.74) is 10.7. The SMILES string of the molecule is c1ccc(-c2cccc(N(c3ccc4c(c3)oc3ccccc34)c3c(-n4c5ccccc5c5ccccc54)ccc4ccccc34)c2)cc1. The van der Waals surface area contributed by atoms with Crippen molar-refractivity contribution in [1.29, 1.82) is 0 Å². The lowest BCUT2D eigenvalue weighted by Crippen LogP contribution is -2.14. The topological polar surface area (TPSA) is 21.3 Å². The van der Waals surface area contributed by atoms with Gasteiger partial charge in [0.25, 0.3) is 0 Å². The molecule has 2 heterocycles. The first-order valence-corrected chi connectivity index (χ1v) is 16.7. The molecule has 8 aromatic carbocycles. The van der Waals surface area contributed by atoms with Crippen molar-refractivity contribution >= 4 is 71.6 Å². The summed E-state index contributed by atoms with van der Waals surface area (Å²) in [5, 5.41) is 7.04. The molecule has 230 valence electrons. The number of para-hydroxylation sites is 3. The molecule has 3 heteroatoms. The highest BCUT2D eigenvalue weighted by molar-refractivity contribution is 6.12. The van der Waals surface area contributed by atoms with Gasteiger partial charge in [0.15, 0.2) is 0 Å². The van der Waals surface area contributed by atoms with E-state index >= 15 is 0 Å². The van der Waals surface area contributed by atoms with Crippen LogP contribution in [0.1, 0.15) is 0 Å². The summed E-state index contributed by atoms with van der Waals surface area (Å²) >= 11 is 0. The first-order chi connectivity index (χ1) is 24.3. The molecule has 0 fully saturated rings. The molecule has 49 heavy (non-hydrogen) atoms. The molecular formula is C46H30N2O. The minimum absolute atomic E-state index is 0.863. The van der Waals surface area contributed by atoms with Gasteiger partial charge in [-0.1, -0.05) is 127 Å². The molecule has 0 unspecified atom stereocenters. The van der Waals surface area contributed by atoms with E-state index in [1.54, 1.807) is 0 Å². The van der Waals surface area contributed by atoms with Crippen molar-refractivity contribution in [2.75, 3.05) is 4.90 Å². The maximum absolute atomic E-state index is 6.48. The molecule has 0 spiro atoms. The molecule has 0 N–H and O–H groups in total. The average molecular weight is 627 g/mol. The summed E-state index contributed by atoms with van der Waals surface area (Å²) in [5.74, 6) is 0. The highest BCUT2D eigenvalue weighted by atomic mass is 16.3. The van der Waals surface area contributed by atoms with Gasteiger partial charge >= 0.3 is 0 Å². The summed E-state index contributed by atoms with van der Waals surface area (Å²) in [6.45, 7) is 0. The lowest BCUT2D eigenvalue weighted by atomic mass is 10.0. The second kappa shape index (κ2) is 11.0. The van der Waals surface area contributed by atoms with E-state index < -0.39 is 0 Å². The Hall–Kier alpha value is -6.58. The summed E-state index contributed by atoms with van der Waals surface area (Å²) in [7, 11) is 0. The molecule has 0 bridgehead atoms. The van der Waals surface area contributed by atoms with E-state index in [-0.39, 0.29) is 0 Å². The van der Waals surface area contributed by atoms with Gasteiger partial charge in [-0.25, -0.2) is 0 Å². The van der Waals surface area contributed by atoms with Gasteiger partial charge < -0.3 is 13.9 Å². The molecule has 10 aromatic rings. The molecular weight excluding hydrogens is 597 g/mol. The lowest BCUT2D eigenvalue weighted by Gasteiger charge is -2.30. The average Bonchev–Trinajstić information content (AvgIpc) is 3.71. The number of hydrogen-bond acceptors (Lipinski definition) is 2. The molecule has 0 aliphatic carbocycles. The van der Waals surface area contributed by atoms with Crippen LogP contribution in [0.5, 0.6) is 0 Å². The lowest BCUT2D eigenvalue weighted by molar-refractivity contribution is 0.669. The smallest absolute Gasteiger partial charge is 0.137 e. The number of aromatic nitrogens is 1. The third-order valence-corrected chi connectivity index (χ3v) is 9.76. The summed E-state index contributed by atoms with van der Waals surface area (Å²) in [4.78, 5) is 2.42. The predicted molar refractivity (Wildman–Crippen MR) is 206 cm³/mol. The Kier molecular flexibility index (Phi) is 6.18. The zero-order valence-electron chi connectivity index (χ0n) is 26.6. The van der Waals surface area contributed by atoms with Gasteiger partial charge in [0.2, 0.25) is 0 Å². The number of furan rings is 1. The quantitative estimate of drug-likeness (QED) is 0.190. The number of benzene rings is 8. The number of anilines is 3. The number of fused-ring (bicyclic) bond motifs is 7. The molecule has 0 saturated heterocycles. The van der Waals surface area contributed by atoms with E-state index in [2.05, 4.69) is 179 Å². The third kappa shape index (κ3) is 4.37. The van der Waals surface area contributed by atoms with Crippen molar-refractivity contribution in [3.63, 3.8) is 0 Å². The maximum Gasteiger partial charge on any atom is 0.137 e. The highest BCUT2D eigenvalue weighted by Crippen LogP contribution is 2.47. The van der Waals surface area contributed by atoms with Crippen LogP contribution in [0.4, 0.5) is 17.1 Å². The van der Waals surface area contributed by atoms with Crippen LogP contribution >= 0.6 is 0 Å². The van der Waals surface area contributed by atoms with Crippen molar-refractivity contribution in [2.24, 2.45) is 0 Å². The molecule has 3 nitrogen and oxygen atoms in total. The van der Waals surface area contributed by atoms with Crippen LogP contribution in [0.25, 0.3) is 71.3 Å². The van der Waals surface area contributed by atoms with Gasteiger partial charge in [-0.2, -0.15) is 0 Å². The van der Waals surface area contributed by atoms with Gasteiger partial charge in [-0.15, -0.1) is 0 Å². The third-order valence-electron chi connectivity index (χ3n) is 9.76. The van der Waals surface area contributed by atoms with E-state index in [0.29, 0.717) is 0 Å². The zero-order valence-corrected chi connectivity index (χ0v) is 26.6. The molecule has 0 saturated carbocycles. The van der Waals surface area contributed by atoms with Crippen LogP contribution in [-0.4, -0.2) is 4.57 Å². The van der Waals surface area contributed by atoms with E-state index in [0.717, 1.165) is 55.6 Å².